The van der Waals surface area contributed by atoms with E-state index in [-0.39, 0.29) is 6.10 Å². The number of nitrogens with two attached hydrogens (primary N) is 1. The minimum atomic E-state index is -0.00556. The smallest absolute Gasteiger partial charge is 0.0976 e. The highest BCUT2D eigenvalue weighted by Crippen LogP contribution is 2.27. The van der Waals surface area contributed by atoms with Crippen LogP contribution in [-0.2, 0) is 9.47 Å². The molecule has 1 aromatic carbocycles. The number of fused-ring (bicyclic) bond motifs is 1. The average molecular weight is 261 g/mol. The van der Waals surface area contributed by atoms with Crippen molar-refractivity contribution in [1.29, 1.82) is 0 Å². The first kappa shape index (κ1) is 13.6. The van der Waals surface area contributed by atoms with Gasteiger partial charge >= 0.3 is 0 Å². The summed E-state index contributed by atoms with van der Waals surface area (Å²) in [7, 11) is 3.32. The van der Waals surface area contributed by atoms with E-state index in [1.807, 2.05) is 24.3 Å². The van der Waals surface area contributed by atoms with E-state index in [2.05, 4.69) is 10.3 Å². The molecule has 0 fully saturated rings. The van der Waals surface area contributed by atoms with E-state index < -0.39 is 0 Å². The Hall–Kier alpha value is -1.85. The molecule has 1 aromatic heterocycles. The summed E-state index contributed by atoms with van der Waals surface area (Å²) in [4.78, 5) is 4.27. The number of nitrogens with one attached hydrogen (secondary N) is 1. The predicted octanol–water partition coefficient (Wildman–Crippen LogP) is 1.89. The van der Waals surface area contributed by atoms with Crippen molar-refractivity contribution in [3.8, 4) is 0 Å². The second-order valence-electron chi connectivity index (χ2n) is 4.29. The van der Waals surface area contributed by atoms with Crippen LogP contribution in [0.1, 0.15) is 0 Å². The Bertz CT molecular complexity index is 545. The van der Waals surface area contributed by atoms with Crippen molar-refractivity contribution in [1.82, 2.24) is 4.98 Å². The van der Waals surface area contributed by atoms with Gasteiger partial charge in [0, 0.05) is 32.3 Å². The molecular formula is C14H19N3O2. The van der Waals surface area contributed by atoms with E-state index in [0.717, 1.165) is 16.6 Å². The van der Waals surface area contributed by atoms with Gasteiger partial charge in [-0.15, -0.1) is 0 Å². The van der Waals surface area contributed by atoms with E-state index in [0.29, 0.717) is 18.8 Å². The maximum atomic E-state index is 6.15. The maximum absolute atomic E-state index is 6.15. The molecule has 0 aliphatic carbocycles. The number of aromatic nitrogens is 1. The van der Waals surface area contributed by atoms with Crippen molar-refractivity contribution in [3.05, 3.63) is 30.5 Å². The summed E-state index contributed by atoms with van der Waals surface area (Å²) in [6, 6.07) is 7.73. The molecular weight excluding hydrogens is 242 g/mol. The Labute approximate surface area is 112 Å². The van der Waals surface area contributed by atoms with Gasteiger partial charge < -0.3 is 20.5 Å². The highest BCUT2D eigenvalue weighted by Gasteiger charge is 2.09. The molecule has 19 heavy (non-hydrogen) atoms. The van der Waals surface area contributed by atoms with Gasteiger partial charge in [0.25, 0.3) is 0 Å². The number of hydrogen-bond donors (Lipinski definition) is 2. The lowest BCUT2D eigenvalue weighted by atomic mass is 10.1. The minimum Gasteiger partial charge on any atom is -0.397 e. The summed E-state index contributed by atoms with van der Waals surface area (Å²) in [5.41, 5.74) is 8.63. The third-order valence-corrected chi connectivity index (χ3v) is 3.03. The Kier molecular flexibility index (Phi) is 4.54. The molecule has 0 aliphatic rings. The number of pyridine rings is 1. The van der Waals surface area contributed by atoms with E-state index >= 15 is 0 Å². The molecule has 0 saturated carbocycles. The fourth-order valence-corrected chi connectivity index (χ4v) is 1.95. The van der Waals surface area contributed by atoms with Gasteiger partial charge in [0.2, 0.25) is 0 Å². The van der Waals surface area contributed by atoms with Crippen LogP contribution in [0.25, 0.3) is 10.9 Å². The van der Waals surface area contributed by atoms with Gasteiger partial charge in [-0.05, 0) is 24.3 Å². The molecule has 2 rings (SSSR count). The van der Waals surface area contributed by atoms with E-state index in [1.54, 1.807) is 20.4 Å². The number of ether oxygens (including phenoxy) is 2. The normalized spacial score (nSPS) is 12.5. The van der Waals surface area contributed by atoms with E-state index in [4.69, 9.17) is 15.2 Å². The second-order valence-corrected chi connectivity index (χ2v) is 4.29. The van der Waals surface area contributed by atoms with Crippen molar-refractivity contribution in [3.63, 3.8) is 0 Å². The fraction of sp³-hybridized carbons (Fsp3) is 0.357. The van der Waals surface area contributed by atoms with Crippen molar-refractivity contribution in [2.24, 2.45) is 0 Å². The summed E-state index contributed by atoms with van der Waals surface area (Å²) in [5.74, 6) is 0. The van der Waals surface area contributed by atoms with Crippen molar-refractivity contribution >= 4 is 22.3 Å². The molecule has 3 N–H and O–H groups in total. The molecule has 102 valence electrons. The van der Waals surface area contributed by atoms with Gasteiger partial charge in [-0.1, -0.05) is 0 Å². The molecule has 5 nitrogen and oxygen atoms in total. The molecule has 0 amide bonds. The van der Waals surface area contributed by atoms with Gasteiger partial charge in [0.15, 0.2) is 0 Å². The Balaban J connectivity index is 2.14. The molecule has 1 atom stereocenters. The predicted molar refractivity (Wildman–Crippen MR) is 77.3 cm³/mol. The Morgan fingerprint density at radius 3 is 2.89 bits per heavy atom. The van der Waals surface area contributed by atoms with E-state index in [1.165, 1.54) is 0 Å². The third-order valence-electron chi connectivity index (χ3n) is 3.03. The van der Waals surface area contributed by atoms with Crippen molar-refractivity contribution < 1.29 is 9.47 Å². The van der Waals surface area contributed by atoms with Crippen molar-refractivity contribution in [2.75, 3.05) is 38.4 Å². The van der Waals surface area contributed by atoms with Crippen LogP contribution in [-0.4, -0.2) is 38.5 Å². The van der Waals surface area contributed by atoms with Crippen LogP contribution < -0.4 is 11.1 Å². The van der Waals surface area contributed by atoms with E-state index in [9.17, 15) is 0 Å². The Morgan fingerprint density at radius 1 is 1.32 bits per heavy atom. The molecule has 1 unspecified atom stereocenters. The molecule has 0 spiro atoms. The van der Waals surface area contributed by atoms with Gasteiger partial charge in [0.05, 0.1) is 29.6 Å². The fourth-order valence-electron chi connectivity index (χ4n) is 1.95. The second kappa shape index (κ2) is 6.36. The zero-order valence-corrected chi connectivity index (χ0v) is 11.2. The highest BCUT2D eigenvalue weighted by molar-refractivity contribution is 5.96. The molecule has 2 aromatic rings. The summed E-state index contributed by atoms with van der Waals surface area (Å²) in [6.45, 7) is 1.18. The number of nitrogens with zero attached hydrogens (tertiary/aromatic N) is 1. The SMILES string of the molecule is COCC(CNc1ccc2ncccc2c1N)OC. The monoisotopic (exact) mass is 261 g/mol. The van der Waals surface area contributed by atoms with Crippen LogP contribution in [0.5, 0.6) is 0 Å². The number of nitrogen functional groups attached to an aromatic ring is 1. The first-order valence-corrected chi connectivity index (χ1v) is 6.15. The largest absolute Gasteiger partial charge is 0.397 e. The number of methoxy groups -OCH3 is 2. The highest BCUT2D eigenvalue weighted by atomic mass is 16.5. The van der Waals surface area contributed by atoms with Gasteiger partial charge in [-0.3, -0.25) is 4.98 Å². The molecule has 0 bridgehead atoms. The van der Waals surface area contributed by atoms with Gasteiger partial charge in [-0.25, -0.2) is 0 Å². The summed E-state index contributed by atoms with van der Waals surface area (Å²) < 4.78 is 10.4. The number of benzene rings is 1. The number of rotatable bonds is 6. The van der Waals surface area contributed by atoms with Crippen LogP contribution in [0.4, 0.5) is 11.4 Å². The van der Waals surface area contributed by atoms with Gasteiger partial charge in [0.1, 0.15) is 0 Å². The standard InChI is InChI=1S/C14H19N3O2/c1-18-9-10(19-2)8-17-13-6-5-12-11(14(13)15)4-3-7-16-12/h3-7,10,17H,8-9,15H2,1-2H3. The summed E-state index contributed by atoms with van der Waals surface area (Å²) in [5, 5.41) is 4.24. The number of hydrogen-bond acceptors (Lipinski definition) is 5. The first-order chi connectivity index (χ1) is 9.26. The van der Waals surface area contributed by atoms with Crippen LogP contribution in [0.15, 0.2) is 30.5 Å². The maximum Gasteiger partial charge on any atom is 0.0976 e. The minimum absolute atomic E-state index is 0.00556. The molecule has 0 radical (unpaired) electrons. The first-order valence-electron chi connectivity index (χ1n) is 6.15. The zero-order chi connectivity index (χ0) is 13.7. The van der Waals surface area contributed by atoms with Crippen LogP contribution in [0.3, 0.4) is 0 Å². The lowest BCUT2D eigenvalue weighted by Crippen LogP contribution is -2.26. The topological polar surface area (TPSA) is 69.4 Å². The molecule has 0 aliphatic heterocycles. The van der Waals surface area contributed by atoms with Crippen LogP contribution >= 0.6 is 0 Å². The number of anilines is 2. The lowest BCUT2D eigenvalue weighted by molar-refractivity contribution is 0.0366. The summed E-state index contributed by atoms with van der Waals surface area (Å²) in [6.07, 6.45) is 1.75. The lowest BCUT2D eigenvalue weighted by Gasteiger charge is -2.17. The van der Waals surface area contributed by atoms with Crippen LogP contribution in [0, 0.1) is 0 Å². The zero-order valence-electron chi connectivity index (χ0n) is 11.2. The quantitative estimate of drug-likeness (QED) is 0.777. The molecule has 5 heteroatoms. The van der Waals surface area contributed by atoms with Gasteiger partial charge in [-0.2, -0.15) is 0 Å². The van der Waals surface area contributed by atoms with Crippen molar-refractivity contribution in [2.45, 2.75) is 6.10 Å². The third kappa shape index (κ3) is 3.13. The van der Waals surface area contributed by atoms with Crippen LogP contribution in [0.2, 0.25) is 0 Å². The Morgan fingerprint density at radius 2 is 2.16 bits per heavy atom. The molecule has 0 saturated heterocycles. The molecule has 1 heterocycles. The summed E-state index contributed by atoms with van der Waals surface area (Å²) >= 11 is 0. The average Bonchev–Trinajstić information content (AvgIpc) is 2.45.